The lowest BCUT2D eigenvalue weighted by molar-refractivity contribution is -0.149. The van der Waals surface area contributed by atoms with Crippen LogP contribution in [0.15, 0.2) is 64.2 Å². The minimum Gasteiger partial charge on any atom is -0.478 e. The third-order valence-corrected chi connectivity index (χ3v) is 7.30. The number of hydrogen-bond donors (Lipinski definition) is 3. The maximum Gasteiger partial charge on any atom is 0.337 e. The van der Waals surface area contributed by atoms with Gasteiger partial charge in [-0.3, -0.25) is 14.4 Å². The van der Waals surface area contributed by atoms with Gasteiger partial charge in [-0.15, -0.1) is 0 Å². The smallest absolute Gasteiger partial charge is 0.337 e. The second kappa shape index (κ2) is 13.8. The minimum absolute atomic E-state index is 0.000416. The molecule has 45 heavy (non-hydrogen) atoms. The number of aromatic carboxylic acids is 1. The van der Waals surface area contributed by atoms with E-state index in [1.165, 1.54) is 48.3 Å². The second-order valence-corrected chi connectivity index (χ2v) is 11.3. The molecule has 12 nitrogen and oxygen atoms in total. The van der Waals surface area contributed by atoms with Crippen molar-refractivity contribution in [2.24, 2.45) is 0 Å². The molecule has 14 heteroatoms. The van der Waals surface area contributed by atoms with E-state index < -0.39 is 41.2 Å². The zero-order valence-electron chi connectivity index (χ0n) is 24.3. The zero-order valence-corrected chi connectivity index (χ0v) is 25.8. The van der Waals surface area contributed by atoms with E-state index >= 15 is 0 Å². The van der Waals surface area contributed by atoms with Crippen molar-refractivity contribution in [2.45, 2.75) is 39.0 Å². The van der Waals surface area contributed by atoms with E-state index in [1.807, 2.05) is 0 Å². The topological polar surface area (TPSA) is 168 Å². The first-order valence-electron chi connectivity index (χ1n) is 13.6. The van der Waals surface area contributed by atoms with E-state index in [4.69, 9.17) is 27.9 Å². The summed E-state index contributed by atoms with van der Waals surface area (Å²) in [7, 11) is 1.49. The maximum atomic E-state index is 13.5. The molecular weight excluding hydrogens is 627 g/mol. The minimum atomic E-state index is -1.36. The summed E-state index contributed by atoms with van der Waals surface area (Å²) < 4.78 is 6.18. The molecule has 0 radical (unpaired) electrons. The fourth-order valence-corrected chi connectivity index (χ4v) is 5.24. The number of amides is 2. The van der Waals surface area contributed by atoms with Gasteiger partial charge in [0, 0.05) is 20.0 Å². The predicted octanol–water partition coefficient (Wildman–Crippen LogP) is 3.56. The molecule has 0 spiro atoms. The Labute approximate surface area is 266 Å². The normalized spacial score (nSPS) is 11.7. The van der Waals surface area contributed by atoms with Crippen LogP contribution >= 0.6 is 23.2 Å². The van der Waals surface area contributed by atoms with Crippen LogP contribution in [0.1, 0.15) is 45.7 Å². The van der Waals surface area contributed by atoms with Gasteiger partial charge in [0.05, 0.1) is 43.9 Å². The molecule has 0 saturated carbocycles. The van der Waals surface area contributed by atoms with Crippen molar-refractivity contribution in [3.8, 4) is 5.69 Å². The van der Waals surface area contributed by atoms with Crippen molar-refractivity contribution < 1.29 is 29.0 Å². The summed E-state index contributed by atoms with van der Waals surface area (Å²) in [4.78, 5) is 79.3. The lowest BCUT2D eigenvalue weighted by Gasteiger charge is -2.20. The number of H-pyrrole nitrogens is 1. The average molecular weight is 655 g/mol. The Morgan fingerprint density at radius 1 is 1.04 bits per heavy atom. The first kappa shape index (κ1) is 33.0. The van der Waals surface area contributed by atoms with Crippen LogP contribution in [0.5, 0.6) is 0 Å². The van der Waals surface area contributed by atoms with Gasteiger partial charge in [0.1, 0.15) is 6.04 Å². The Morgan fingerprint density at radius 2 is 1.69 bits per heavy atom. The first-order chi connectivity index (χ1) is 21.3. The van der Waals surface area contributed by atoms with Crippen LogP contribution in [0.4, 0.5) is 0 Å². The Hall–Kier alpha value is -4.94. The lowest BCUT2D eigenvalue weighted by Crippen LogP contribution is -2.44. The van der Waals surface area contributed by atoms with Gasteiger partial charge in [-0.1, -0.05) is 41.4 Å². The largest absolute Gasteiger partial charge is 0.478 e. The van der Waals surface area contributed by atoms with E-state index in [0.29, 0.717) is 17.5 Å². The molecule has 1 atom stereocenters. The third-order valence-electron chi connectivity index (χ3n) is 6.67. The van der Waals surface area contributed by atoms with Crippen molar-refractivity contribution in [3.63, 3.8) is 0 Å². The zero-order chi connectivity index (χ0) is 33.0. The third kappa shape index (κ3) is 7.41. The monoisotopic (exact) mass is 654 g/mol. The predicted molar refractivity (Wildman–Crippen MR) is 167 cm³/mol. The number of fused-ring (bicyclic) bond motifs is 1. The van der Waals surface area contributed by atoms with Crippen molar-refractivity contribution in [1.29, 1.82) is 0 Å². The number of aromatic amines is 1. The molecular formula is C31H28Cl2N4O8. The van der Waals surface area contributed by atoms with E-state index in [2.05, 4.69) is 10.3 Å². The number of carboxylic acid groups (broad SMARTS) is 1. The van der Waals surface area contributed by atoms with E-state index in [9.17, 15) is 33.9 Å². The van der Waals surface area contributed by atoms with Crippen LogP contribution in [0.25, 0.3) is 16.6 Å². The molecule has 0 aliphatic rings. The number of halogens is 2. The second-order valence-electron chi connectivity index (χ2n) is 10.4. The summed E-state index contributed by atoms with van der Waals surface area (Å²) in [5, 5.41) is 12.5. The Bertz CT molecular complexity index is 1900. The fraction of sp³-hybridized carbons (Fsp3) is 0.226. The molecule has 1 heterocycles. The molecule has 1 aromatic heterocycles. The summed E-state index contributed by atoms with van der Waals surface area (Å²) in [5.74, 6) is -2.73. The number of esters is 1. The summed E-state index contributed by atoms with van der Waals surface area (Å²) in [6.07, 6.45) is 0.0793. The van der Waals surface area contributed by atoms with Crippen LogP contribution in [0.3, 0.4) is 0 Å². The van der Waals surface area contributed by atoms with Crippen LogP contribution < -0.4 is 16.6 Å². The number of carbonyl (C=O) groups excluding carboxylic acids is 3. The SMILES string of the molecule is CC(C)OC(=O)[C@H](Cc1ccc(-n2c(=O)[nH]c3c(C(=O)O)cc(CN(C)C=O)cc3c2=O)cc1)NC(=O)c1c(Cl)cccc1Cl. The number of nitrogens with one attached hydrogen (secondary N) is 2. The molecule has 4 aromatic rings. The number of carbonyl (C=O) groups is 4. The van der Waals surface area contributed by atoms with Crippen molar-refractivity contribution in [1.82, 2.24) is 19.8 Å². The number of ether oxygens (including phenoxy) is 1. The van der Waals surface area contributed by atoms with Gasteiger partial charge in [-0.25, -0.2) is 19.0 Å². The molecule has 0 saturated heterocycles. The van der Waals surface area contributed by atoms with Crippen LogP contribution in [0, 0.1) is 0 Å². The first-order valence-corrected chi connectivity index (χ1v) is 14.3. The highest BCUT2D eigenvalue weighted by atomic mass is 35.5. The van der Waals surface area contributed by atoms with Gasteiger partial charge in [0.15, 0.2) is 0 Å². The maximum absolute atomic E-state index is 13.5. The lowest BCUT2D eigenvalue weighted by atomic mass is 10.0. The van der Waals surface area contributed by atoms with E-state index in [-0.39, 0.29) is 50.7 Å². The summed E-state index contributed by atoms with van der Waals surface area (Å²) >= 11 is 12.3. The molecule has 0 aliphatic heterocycles. The molecule has 0 unspecified atom stereocenters. The van der Waals surface area contributed by atoms with E-state index in [0.717, 1.165) is 4.57 Å². The molecule has 3 N–H and O–H groups in total. The Kier molecular flexibility index (Phi) is 10.1. The Balaban J connectivity index is 1.69. The van der Waals surface area contributed by atoms with Gasteiger partial charge in [0.2, 0.25) is 6.41 Å². The highest BCUT2D eigenvalue weighted by molar-refractivity contribution is 6.39. The van der Waals surface area contributed by atoms with Crippen LogP contribution in [-0.4, -0.2) is 63.0 Å². The molecule has 4 rings (SSSR count). The molecule has 0 aliphatic carbocycles. The van der Waals surface area contributed by atoms with Gasteiger partial charge < -0.3 is 25.0 Å². The van der Waals surface area contributed by atoms with Crippen molar-refractivity contribution in [2.75, 3.05) is 7.05 Å². The summed E-state index contributed by atoms with van der Waals surface area (Å²) in [6, 6.07) is 12.2. The fourth-order valence-electron chi connectivity index (χ4n) is 4.67. The molecule has 0 bridgehead atoms. The number of nitrogens with zero attached hydrogens (tertiary/aromatic N) is 2. The number of rotatable bonds is 11. The molecule has 0 fully saturated rings. The van der Waals surface area contributed by atoms with E-state index in [1.54, 1.807) is 32.0 Å². The number of aromatic nitrogens is 2. The van der Waals surface area contributed by atoms with Gasteiger partial charge in [-0.2, -0.15) is 0 Å². The molecule has 234 valence electrons. The number of carboxylic acids is 1. The molecule has 3 aromatic carbocycles. The Morgan fingerprint density at radius 3 is 2.27 bits per heavy atom. The van der Waals surface area contributed by atoms with Gasteiger partial charge >= 0.3 is 17.6 Å². The summed E-state index contributed by atoms with van der Waals surface area (Å²) in [6.45, 7) is 3.36. The van der Waals surface area contributed by atoms with Gasteiger partial charge in [0.25, 0.3) is 11.5 Å². The van der Waals surface area contributed by atoms with Crippen molar-refractivity contribution >= 4 is 58.4 Å². The molecule has 2 amide bonds. The quantitative estimate of drug-likeness (QED) is 0.163. The standard InChI is InChI=1S/C31H28Cl2N4O8/c1-16(2)45-30(43)24(34-27(39)25-22(32)5-4-6-23(25)33)13-17-7-9-19(10-8-17)37-28(40)20-11-18(14-36(3)15-38)12-21(29(41)42)26(20)35-31(37)44/h4-12,15-16,24H,13-14H2,1-3H3,(H,34,39)(H,35,44)(H,41,42)/t24-/m0/s1. The average Bonchev–Trinajstić information content (AvgIpc) is 2.97. The number of hydrogen-bond acceptors (Lipinski definition) is 7. The van der Waals surface area contributed by atoms with Crippen LogP contribution in [0.2, 0.25) is 10.0 Å². The van der Waals surface area contributed by atoms with Gasteiger partial charge in [-0.05, 0) is 61.4 Å². The highest BCUT2D eigenvalue weighted by Gasteiger charge is 2.26. The highest BCUT2D eigenvalue weighted by Crippen LogP contribution is 2.24. The van der Waals surface area contributed by atoms with Crippen molar-refractivity contribution in [3.05, 3.63) is 108 Å². The summed E-state index contributed by atoms with van der Waals surface area (Å²) in [5.41, 5.74) is -1.01. The van der Waals surface area contributed by atoms with Crippen LogP contribution in [-0.2, 0) is 27.3 Å². The number of benzene rings is 3.